The molecular weight excluding hydrogens is 302 g/mol. The second-order valence-corrected chi connectivity index (χ2v) is 6.23. The molecule has 0 spiro atoms. The minimum absolute atomic E-state index is 0.111. The lowest BCUT2D eigenvalue weighted by molar-refractivity contribution is -0.0498. The van der Waals surface area contributed by atoms with Crippen LogP contribution in [0.3, 0.4) is 0 Å². The molecule has 2 rings (SSSR count). The lowest BCUT2D eigenvalue weighted by Crippen LogP contribution is -2.30. The van der Waals surface area contributed by atoms with Gasteiger partial charge in [-0.2, -0.15) is 8.78 Å². The maximum absolute atomic E-state index is 12.1. The summed E-state index contributed by atoms with van der Waals surface area (Å²) >= 11 is 0. The number of aliphatic hydroxyl groups is 1. The molecule has 0 saturated carbocycles. The van der Waals surface area contributed by atoms with Crippen LogP contribution in [-0.2, 0) is 0 Å². The number of alkyl halides is 2. The highest BCUT2D eigenvalue weighted by molar-refractivity contribution is 5.28. The Morgan fingerprint density at radius 1 is 1.35 bits per heavy atom. The molecule has 2 unspecified atom stereocenters. The van der Waals surface area contributed by atoms with Crippen LogP contribution in [0.25, 0.3) is 0 Å². The van der Waals surface area contributed by atoms with Crippen LogP contribution >= 0.6 is 0 Å². The van der Waals surface area contributed by atoms with E-state index in [1.54, 1.807) is 12.1 Å². The van der Waals surface area contributed by atoms with Gasteiger partial charge in [-0.1, -0.05) is 19.1 Å². The Hall–Kier alpha value is -1.24. The van der Waals surface area contributed by atoms with Crippen molar-refractivity contribution >= 4 is 0 Å². The fraction of sp³-hybridized carbons (Fsp3) is 0.647. The summed E-state index contributed by atoms with van der Waals surface area (Å²) in [6.45, 7) is 4.02. The van der Waals surface area contributed by atoms with E-state index in [9.17, 15) is 13.9 Å². The van der Waals surface area contributed by atoms with Gasteiger partial charge in [-0.05, 0) is 50.2 Å². The average molecular weight is 328 g/mol. The van der Waals surface area contributed by atoms with Crippen molar-refractivity contribution in [1.82, 2.24) is 9.80 Å². The number of ether oxygens (including phenoxy) is 1. The van der Waals surface area contributed by atoms with Gasteiger partial charge in [0.15, 0.2) is 0 Å². The van der Waals surface area contributed by atoms with Gasteiger partial charge in [0.2, 0.25) is 0 Å². The van der Waals surface area contributed by atoms with E-state index in [0.717, 1.165) is 38.2 Å². The third kappa shape index (κ3) is 5.71. The van der Waals surface area contributed by atoms with Gasteiger partial charge in [0.1, 0.15) is 5.75 Å². The molecule has 1 aliphatic rings. The average Bonchev–Trinajstić information content (AvgIpc) is 2.94. The molecule has 0 aliphatic carbocycles. The van der Waals surface area contributed by atoms with Crippen molar-refractivity contribution in [2.45, 2.75) is 26.1 Å². The molecule has 0 bridgehead atoms. The number of benzene rings is 1. The highest BCUT2D eigenvalue weighted by Gasteiger charge is 2.25. The van der Waals surface area contributed by atoms with E-state index in [1.807, 2.05) is 0 Å². The molecular formula is C17H26F2N2O2. The first-order chi connectivity index (χ1) is 11.0. The largest absolute Gasteiger partial charge is 0.435 e. The quantitative estimate of drug-likeness (QED) is 0.796. The van der Waals surface area contributed by atoms with Gasteiger partial charge in [0, 0.05) is 19.6 Å². The lowest BCUT2D eigenvalue weighted by Gasteiger charge is -2.22. The molecule has 23 heavy (non-hydrogen) atoms. The zero-order chi connectivity index (χ0) is 16.8. The van der Waals surface area contributed by atoms with Crippen molar-refractivity contribution in [1.29, 1.82) is 0 Å². The molecule has 1 fully saturated rings. The van der Waals surface area contributed by atoms with Gasteiger partial charge in [-0.25, -0.2) is 0 Å². The standard InChI is InChI=1S/C17H26F2N2O2/c1-3-20(2)10-13-8-9-21(11-13)12-16(22)14-4-6-15(7-5-14)23-17(18)19/h4-7,13,16-17,22H,3,8-12H2,1-2H3. The van der Waals surface area contributed by atoms with E-state index in [4.69, 9.17) is 0 Å². The number of hydrogen-bond acceptors (Lipinski definition) is 4. The van der Waals surface area contributed by atoms with Gasteiger partial charge in [-0.15, -0.1) is 0 Å². The normalized spacial score (nSPS) is 20.4. The Bertz CT molecular complexity index is 470. The van der Waals surface area contributed by atoms with E-state index in [2.05, 4.69) is 28.5 Å². The Morgan fingerprint density at radius 3 is 2.65 bits per heavy atom. The third-order valence-electron chi connectivity index (χ3n) is 4.40. The summed E-state index contributed by atoms with van der Waals surface area (Å²) in [5.74, 6) is 0.758. The monoisotopic (exact) mass is 328 g/mol. The lowest BCUT2D eigenvalue weighted by atomic mass is 10.1. The fourth-order valence-electron chi connectivity index (χ4n) is 3.02. The van der Waals surface area contributed by atoms with Gasteiger partial charge in [0.25, 0.3) is 0 Å². The minimum Gasteiger partial charge on any atom is -0.435 e. The molecule has 1 aliphatic heterocycles. The number of halogens is 2. The van der Waals surface area contributed by atoms with Crippen LogP contribution in [-0.4, -0.2) is 61.3 Å². The summed E-state index contributed by atoms with van der Waals surface area (Å²) in [5.41, 5.74) is 0.723. The summed E-state index contributed by atoms with van der Waals surface area (Å²) in [7, 11) is 2.13. The Morgan fingerprint density at radius 2 is 2.04 bits per heavy atom. The molecule has 0 aromatic heterocycles. The van der Waals surface area contributed by atoms with Crippen LogP contribution in [0.4, 0.5) is 8.78 Å². The molecule has 0 amide bonds. The topological polar surface area (TPSA) is 35.9 Å². The summed E-state index contributed by atoms with van der Waals surface area (Å²) in [5, 5.41) is 10.3. The van der Waals surface area contributed by atoms with Gasteiger partial charge in [0.05, 0.1) is 6.10 Å². The van der Waals surface area contributed by atoms with Crippen LogP contribution < -0.4 is 4.74 Å². The highest BCUT2D eigenvalue weighted by Crippen LogP contribution is 2.23. The number of rotatable bonds is 8. The summed E-state index contributed by atoms with van der Waals surface area (Å²) in [4.78, 5) is 4.58. The number of likely N-dealkylation sites (tertiary alicyclic amines) is 1. The zero-order valence-electron chi connectivity index (χ0n) is 13.8. The van der Waals surface area contributed by atoms with Crippen molar-refractivity contribution in [2.75, 3.05) is 39.8 Å². The third-order valence-corrected chi connectivity index (χ3v) is 4.40. The summed E-state index contributed by atoms with van der Waals surface area (Å²) in [6.07, 6.45) is 0.538. The molecule has 1 N–H and O–H groups in total. The second kappa shape index (κ2) is 8.57. The zero-order valence-corrected chi connectivity index (χ0v) is 13.8. The van der Waals surface area contributed by atoms with Crippen molar-refractivity contribution in [3.05, 3.63) is 29.8 Å². The first-order valence-corrected chi connectivity index (χ1v) is 8.11. The molecule has 2 atom stereocenters. The number of β-amino-alcohol motifs (C(OH)–C–C–N with tert-alkyl or cyclic N) is 1. The molecule has 130 valence electrons. The van der Waals surface area contributed by atoms with Crippen molar-refractivity contribution in [2.24, 2.45) is 5.92 Å². The van der Waals surface area contributed by atoms with Crippen LogP contribution in [0.15, 0.2) is 24.3 Å². The first kappa shape index (κ1) is 18.1. The van der Waals surface area contributed by atoms with Crippen LogP contribution in [0.1, 0.15) is 25.0 Å². The smallest absolute Gasteiger partial charge is 0.387 e. The maximum atomic E-state index is 12.1. The van der Waals surface area contributed by atoms with E-state index in [0.29, 0.717) is 12.5 Å². The number of aliphatic hydroxyl groups excluding tert-OH is 1. The predicted molar refractivity (Wildman–Crippen MR) is 85.8 cm³/mol. The van der Waals surface area contributed by atoms with E-state index < -0.39 is 12.7 Å². The second-order valence-electron chi connectivity index (χ2n) is 6.23. The minimum atomic E-state index is -2.83. The van der Waals surface area contributed by atoms with Crippen molar-refractivity contribution in [3.8, 4) is 5.75 Å². The summed E-state index contributed by atoms with van der Waals surface area (Å²) < 4.78 is 28.6. The van der Waals surface area contributed by atoms with E-state index >= 15 is 0 Å². The molecule has 1 heterocycles. The highest BCUT2D eigenvalue weighted by atomic mass is 19.3. The van der Waals surface area contributed by atoms with Crippen LogP contribution in [0.2, 0.25) is 0 Å². The fourth-order valence-corrected chi connectivity index (χ4v) is 3.02. The van der Waals surface area contributed by atoms with Crippen LogP contribution in [0, 0.1) is 5.92 Å². The summed E-state index contributed by atoms with van der Waals surface area (Å²) in [6, 6.07) is 6.21. The molecule has 1 aromatic carbocycles. The number of nitrogens with zero attached hydrogens (tertiary/aromatic N) is 2. The molecule has 1 aromatic rings. The SMILES string of the molecule is CCN(C)CC1CCN(CC(O)c2ccc(OC(F)F)cc2)C1. The number of hydrogen-bond donors (Lipinski definition) is 1. The van der Waals surface area contributed by atoms with Crippen molar-refractivity contribution < 1.29 is 18.6 Å². The first-order valence-electron chi connectivity index (χ1n) is 8.11. The van der Waals surface area contributed by atoms with E-state index in [-0.39, 0.29) is 5.75 Å². The Kier molecular flexibility index (Phi) is 6.74. The molecule has 0 radical (unpaired) electrons. The van der Waals surface area contributed by atoms with Crippen LogP contribution in [0.5, 0.6) is 5.75 Å². The van der Waals surface area contributed by atoms with Gasteiger partial charge < -0.3 is 19.6 Å². The van der Waals surface area contributed by atoms with E-state index in [1.165, 1.54) is 12.1 Å². The van der Waals surface area contributed by atoms with Gasteiger partial charge in [-0.3, -0.25) is 0 Å². The van der Waals surface area contributed by atoms with Crippen molar-refractivity contribution in [3.63, 3.8) is 0 Å². The predicted octanol–water partition coefficient (Wildman–Crippen LogP) is 2.60. The molecule has 4 nitrogen and oxygen atoms in total. The Labute approximate surface area is 136 Å². The maximum Gasteiger partial charge on any atom is 0.387 e. The van der Waals surface area contributed by atoms with Gasteiger partial charge >= 0.3 is 6.61 Å². The molecule has 6 heteroatoms. The Balaban J connectivity index is 1.81. The molecule has 1 saturated heterocycles.